The molecule has 12 heteroatoms. The van der Waals surface area contributed by atoms with Crippen LogP contribution in [0, 0.1) is 6.92 Å². The molecule has 1 amide bonds. The standard InChI is InChI=1S/C22H28F3N7O2/c1-15-13-26-21(27-14-15)31-10-8-30(9-11-31)19(33)6-5-16-4-2-3-7-32(16)18-12-17(22(23,24)25)20(34)29-28-18/h12-14,16H,2-11H2,1H3,(H,29,34)/t16-/m1/s1. The van der Waals surface area contributed by atoms with Crippen LogP contribution in [-0.4, -0.2) is 69.7 Å². The molecule has 9 nitrogen and oxygen atoms in total. The van der Waals surface area contributed by atoms with Crippen LogP contribution in [0.25, 0.3) is 0 Å². The average Bonchev–Trinajstić information content (AvgIpc) is 2.83. The first-order chi connectivity index (χ1) is 16.2. The third-order valence-corrected chi connectivity index (χ3v) is 6.39. The minimum absolute atomic E-state index is 0.0282. The van der Waals surface area contributed by atoms with Crippen LogP contribution in [0.4, 0.5) is 24.9 Å². The van der Waals surface area contributed by atoms with Crippen molar-refractivity contribution in [2.45, 2.75) is 51.2 Å². The molecule has 0 aliphatic carbocycles. The molecule has 2 saturated heterocycles. The lowest BCUT2D eigenvalue weighted by Gasteiger charge is -2.38. The topological polar surface area (TPSA) is 98.3 Å². The SMILES string of the molecule is Cc1cnc(N2CCN(C(=O)CC[C@H]3CCCCN3c3cc(C(F)(F)F)c(=O)[nH]n3)CC2)nc1. The number of piperazine rings is 1. The molecule has 4 heterocycles. The average molecular weight is 480 g/mol. The number of alkyl halides is 3. The van der Waals surface area contributed by atoms with E-state index in [1.165, 1.54) is 0 Å². The molecule has 0 radical (unpaired) electrons. The number of nitrogens with zero attached hydrogens (tertiary/aromatic N) is 6. The highest BCUT2D eigenvalue weighted by molar-refractivity contribution is 5.76. The summed E-state index contributed by atoms with van der Waals surface area (Å²) < 4.78 is 39.5. The minimum atomic E-state index is -4.75. The van der Waals surface area contributed by atoms with Crippen LogP contribution in [0.2, 0.25) is 0 Å². The number of carbonyl (C=O) groups excluding carboxylic acids is 1. The van der Waals surface area contributed by atoms with E-state index in [1.54, 1.807) is 17.3 Å². The molecule has 2 fully saturated rings. The van der Waals surface area contributed by atoms with E-state index < -0.39 is 17.3 Å². The molecule has 2 aromatic rings. The number of H-pyrrole nitrogens is 1. The predicted octanol–water partition coefficient (Wildman–Crippen LogP) is 2.38. The summed E-state index contributed by atoms with van der Waals surface area (Å²) in [5, 5.41) is 5.83. The van der Waals surface area contributed by atoms with Crippen LogP contribution in [0.1, 0.15) is 43.2 Å². The van der Waals surface area contributed by atoms with Gasteiger partial charge in [0.15, 0.2) is 0 Å². The van der Waals surface area contributed by atoms with E-state index in [0.717, 1.165) is 30.9 Å². The number of aromatic amines is 1. The number of amides is 1. The summed E-state index contributed by atoms with van der Waals surface area (Å²) in [6.07, 6.45) is 2.11. The van der Waals surface area contributed by atoms with E-state index in [0.29, 0.717) is 51.5 Å². The predicted molar refractivity (Wildman–Crippen MR) is 120 cm³/mol. The lowest BCUT2D eigenvalue weighted by atomic mass is 9.97. The summed E-state index contributed by atoms with van der Waals surface area (Å²) in [6, 6.07) is 0.699. The molecule has 2 aliphatic heterocycles. The molecular formula is C22H28F3N7O2. The lowest BCUT2D eigenvalue weighted by Crippen LogP contribution is -2.49. The van der Waals surface area contributed by atoms with Gasteiger partial charge >= 0.3 is 6.18 Å². The largest absolute Gasteiger partial charge is 0.421 e. The van der Waals surface area contributed by atoms with Gasteiger partial charge in [0.2, 0.25) is 11.9 Å². The van der Waals surface area contributed by atoms with Crippen LogP contribution in [0.5, 0.6) is 0 Å². The fourth-order valence-electron chi connectivity index (χ4n) is 4.51. The van der Waals surface area contributed by atoms with E-state index in [9.17, 15) is 22.8 Å². The quantitative estimate of drug-likeness (QED) is 0.703. The lowest BCUT2D eigenvalue weighted by molar-refractivity contribution is -0.138. The normalized spacial score (nSPS) is 19.4. The number of aromatic nitrogens is 4. The van der Waals surface area contributed by atoms with Crippen LogP contribution in [0.3, 0.4) is 0 Å². The van der Waals surface area contributed by atoms with E-state index in [2.05, 4.69) is 15.1 Å². The maximum Gasteiger partial charge on any atom is 0.421 e. The summed E-state index contributed by atoms with van der Waals surface area (Å²) in [5.41, 5.74) is -1.52. The van der Waals surface area contributed by atoms with Gasteiger partial charge in [-0.05, 0) is 38.2 Å². The highest BCUT2D eigenvalue weighted by atomic mass is 19.4. The molecule has 0 aromatic carbocycles. The Morgan fingerprint density at radius 1 is 1.12 bits per heavy atom. The Morgan fingerprint density at radius 3 is 2.50 bits per heavy atom. The van der Waals surface area contributed by atoms with Crippen molar-refractivity contribution < 1.29 is 18.0 Å². The zero-order valence-electron chi connectivity index (χ0n) is 19.0. The fourth-order valence-corrected chi connectivity index (χ4v) is 4.51. The maximum absolute atomic E-state index is 13.2. The molecule has 0 spiro atoms. The molecule has 1 atom stereocenters. The number of hydrogen-bond donors (Lipinski definition) is 1. The number of carbonyl (C=O) groups is 1. The van der Waals surface area contributed by atoms with Crippen molar-refractivity contribution in [3.8, 4) is 0 Å². The van der Waals surface area contributed by atoms with Gasteiger partial charge in [-0.1, -0.05) is 0 Å². The molecule has 0 unspecified atom stereocenters. The van der Waals surface area contributed by atoms with Gasteiger partial charge < -0.3 is 14.7 Å². The van der Waals surface area contributed by atoms with Gasteiger partial charge in [0.05, 0.1) is 0 Å². The van der Waals surface area contributed by atoms with E-state index in [-0.39, 0.29) is 17.8 Å². The zero-order valence-corrected chi connectivity index (χ0v) is 19.0. The van der Waals surface area contributed by atoms with E-state index in [4.69, 9.17) is 0 Å². The molecular weight excluding hydrogens is 451 g/mol. The number of hydrogen-bond acceptors (Lipinski definition) is 7. The first kappa shape index (κ1) is 24.0. The Bertz CT molecular complexity index is 1050. The third-order valence-electron chi connectivity index (χ3n) is 6.39. The number of halogens is 3. The first-order valence-corrected chi connectivity index (χ1v) is 11.5. The van der Waals surface area contributed by atoms with Crippen molar-refractivity contribution in [3.05, 3.63) is 39.9 Å². The Labute approximate surface area is 195 Å². The molecule has 184 valence electrons. The van der Waals surface area contributed by atoms with Crippen LogP contribution >= 0.6 is 0 Å². The fraction of sp³-hybridized carbons (Fsp3) is 0.591. The monoisotopic (exact) mass is 479 g/mol. The summed E-state index contributed by atoms with van der Waals surface area (Å²) in [6.45, 7) is 4.89. The van der Waals surface area contributed by atoms with E-state index in [1.807, 2.05) is 21.8 Å². The molecule has 0 bridgehead atoms. The maximum atomic E-state index is 13.2. The van der Waals surface area contributed by atoms with Crippen molar-refractivity contribution in [2.24, 2.45) is 0 Å². The van der Waals surface area contributed by atoms with Crippen LogP contribution in [0.15, 0.2) is 23.3 Å². The Hall–Kier alpha value is -3.18. The second kappa shape index (κ2) is 9.98. The number of piperidine rings is 1. The number of rotatable bonds is 5. The third kappa shape index (κ3) is 5.48. The van der Waals surface area contributed by atoms with Crippen LogP contribution < -0.4 is 15.4 Å². The van der Waals surface area contributed by atoms with Gasteiger partial charge in [-0.15, -0.1) is 0 Å². The number of nitrogens with one attached hydrogen (secondary N) is 1. The second-order valence-corrected chi connectivity index (χ2v) is 8.78. The van der Waals surface area contributed by atoms with Gasteiger partial charge in [-0.2, -0.15) is 18.3 Å². The second-order valence-electron chi connectivity index (χ2n) is 8.78. The molecule has 4 rings (SSSR count). The summed E-state index contributed by atoms with van der Waals surface area (Å²) in [7, 11) is 0. The van der Waals surface area contributed by atoms with Gasteiger partial charge in [0, 0.05) is 63.6 Å². The Balaban J connectivity index is 1.34. The van der Waals surface area contributed by atoms with Gasteiger partial charge in [0.1, 0.15) is 11.4 Å². The number of aryl methyl sites for hydroxylation is 1. The summed E-state index contributed by atoms with van der Waals surface area (Å²) in [4.78, 5) is 38.8. The minimum Gasteiger partial charge on any atom is -0.352 e. The Morgan fingerprint density at radius 2 is 1.82 bits per heavy atom. The molecule has 34 heavy (non-hydrogen) atoms. The van der Waals surface area contributed by atoms with Crippen molar-refractivity contribution in [2.75, 3.05) is 42.5 Å². The highest BCUT2D eigenvalue weighted by Gasteiger charge is 2.36. The highest BCUT2D eigenvalue weighted by Crippen LogP contribution is 2.31. The van der Waals surface area contributed by atoms with Crippen LogP contribution in [-0.2, 0) is 11.0 Å². The van der Waals surface area contributed by atoms with Crippen molar-refractivity contribution in [1.29, 1.82) is 0 Å². The van der Waals surface area contributed by atoms with Gasteiger partial charge in [-0.3, -0.25) is 9.59 Å². The molecule has 0 saturated carbocycles. The summed E-state index contributed by atoms with van der Waals surface area (Å²) in [5.74, 6) is 0.776. The van der Waals surface area contributed by atoms with E-state index >= 15 is 0 Å². The van der Waals surface area contributed by atoms with Crippen molar-refractivity contribution >= 4 is 17.7 Å². The summed E-state index contributed by atoms with van der Waals surface area (Å²) >= 11 is 0. The molecule has 1 N–H and O–H groups in total. The molecule has 2 aromatic heterocycles. The van der Waals surface area contributed by atoms with Crippen molar-refractivity contribution in [1.82, 2.24) is 25.1 Å². The smallest absolute Gasteiger partial charge is 0.352 e. The Kier molecular flexibility index (Phi) is 7.03. The van der Waals surface area contributed by atoms with Gasteiger partial charge in [0.25, 0.3) is 5.56 Å². The number of anilines is 2. The first-order valence-electron chi connectivity index (χ1n) is 11.5. The zero-order chi connectivity index (χ0) is 24.3. The van der Waals surface area contributed by atoms with Gasteiger partial charge in [-0.25, -0.2) is 15.1 Å². The molecule has 2 aliphatic rings. The van der Waals surface area contributed by atoms with Crippen molar-refractivity contribution in [3.63, 3.8) is 0 Å².